The number of nitrogens with one attached hydrogen (secondary N) is 1. The summed E-state index contributed by atoms with van der Waals surface area (Å²) >= 11 is 0. The van der Waals surface area contributed by atoms with Gasteiger partial charge in [-0.3, -0.25) is 0 Å². The van der Waals surface area contributed by atoms with Gasteiger partial charge in [0.05, 0.1) is 0 Å². The SMILES string of the molecule is CCC(CN)CNc1cc(C)c(C)cc1C. The number of nitrogens with two attached hydrogens (primary N) is 1. The highest BCUT2D eigenvalue weighted by atomic mass is 14.9. The predicted molar refractivity (Wildman–Crippen MR) is 72.0 cm³/mol. The van der Waals surface area contributed by atoms with Gasteiger partial charge in [-0.25, -0.2) is 0 Å². The highest BCUT2D eigenvalue weighted by Crippen LogP contribution is 2.20. The fourth-order valence-corrected chi connectivity index (χ4v) is 1.80. The molecule has 0 aliphatic rings. The van der Waals surface area contributed by atoms with Crippen LogP contribution in [-0.4, -0.2) is 13.1 Å². The van der Waals surface area contributed by atoms with Gasteiger partial charge in [0.25, 0.3) is 0 Å². The van der Waals surface area contributed by atoms with Crippen molar-refractivity contribution in [3.05, 3.63) is 28.8 Å². The van der Waals surface area contributed by atoms with Crippen molar-refractivity contribution in [2.45, 2.75) is 34.1 Å². The van der Waals surface area contributed by atoms with Crippen LogP contribution in [0.15, 0.2) is 12.1 Å². The molecule has 0 saturated heterocycles. The van der Waals surface area contributed by atoms with Crippen LogP contribution in [0.4, 0.5) is 5.69 Å². The van der Waals surface area contributed by atoms with E-state index in [-0.39, 0.29) is 0 Å². The summed E-state index contributed by atoms with van der Waals surface area (Å²) in [6, 6.07) is 4.47. The van der Waals surface area contributed by atoms with Gasteiger partial charge in [0, 0.05) is 12.2 Å². The second-order valence-electron chi connectivity index (χ2n) is 4.64. The van der Waals surface area contributed by atoms with Crippen molar-refractivity contribution in [2.24, 2.45) is 11.7 Å². The van der Waals surface area contributed by atoms with Gasteiger partial charge in [-0.15, -0.1) is 0 Å². The summed E-state index contributed by atoms with van der Waals surface area (Å²) in [5.41, 5.74) is 11.0. The molecule has 0 aromatic heterocycles. The third kappa shape index (κ3) is 3.24. The van der Waals surface area contributed by atoms with E-state index >= 15 is 0 Å². The summed E-state index contributed by atoms with van der Waals surface area (Å²) in [4.78, 5) is 0. The molecular formula is C14H24N2. The Labute approximate surface area is 99.2 Å². The molecule has 16 heavy (non-hydrogen) atoms. The number of benzene rings is 1. The first-order chi connectivity index (χ1) is 7.58. The number of aryl methyl sites for hydroxylation is 3. The van der Waals surface area contributed by atoms with Gasteiger partial charge in [-0.2, -0.15) is 0 Å². The highest BCUT2D eigenvalue weighted by molar-refractivity contribution is 5.54. The summed E-state index contributed by atoms with van der Waals surface area (Å²) in [5.74, 6) is 0.570. The Bertz CT molecular complexity index is 341. The Morgan fingerprint density at radius 2 is 1.75 bits per heavy atom. The molecule has 90 valence electrons. The van der Waals surface area contributed by atoms with Crippen LogP contribution < -0.4 is 11.1 Å². The summed E-state index contributed by atoms with van der Waals surface area (Å²) in [7, 11) is 0. The van der Waals surface area contributed by atoms with E-state index in [9.17, 15) is 0 Å². The van der Waals surface area contributed by atoms with Crippen molar-refractivity contribution in [1.82, 2.24) is 0 Å². The second-order valence-corrected chi connectivity index (χ2v) is 4.64. The smallest absolute Gasteiger partial charge is 0.0372 e. The summed E-state index contributed by atoms with van der Waals surface area (Å²) in [6.45, 7) is 10.4. The normalized spacial score (nSPS) is 12.6. The van der Waals surface area contributed by atoms with E-state index < -0.39 is 0 Å². The van der Waals surface area contributed by atoms with E-state index in [2.05, 4.69) is 45.1 Å². The van der Waals surface area contributed by atoms with Crippen LogP contribution in [0, 0.1) is 26.7 Å². The second kappa shape index (κ2) is 5.90. The fourth-order valence-electron chi connectivity index (χ4n) is 1.80. The molecule has 1 aromatic rings. The molecule has 0 fully saturated rings. The Morgan fingerprint density at radius 1 is 1.12 bits per heavy atom. The summed E-state index contributed by atoms with van der Waals surface area (Å²) < 4.78 is 0. The van der Waals surface area contributed by atoms with Crippen LogP contribution >= 0.6 is 0 Å². The minimum Gasteiger partial charge on any atom is -0.384 e. The van der Waals surface area contributed by atoms with E-state index in [4.69, 9.17) is 5.73 Å². The molecule has 2 nitrogen and oxygen atoms in total. The van der Waals surface area contributed by atoms with E-state index in [1.807, 2.05) is 0 Å². The number of anilines is 1. The molecule has 0 saturated carbocycles. The standard InChI is InChI=1S/C14H24N2/c1-5-13(8-15)9-16-14-7-11(3)10(2)6-12(14)4/h6-7,13,16H,5,8-9,15H2,1-4H3. The monoisotopic (exact) mass is 220 g/mol. The maximum Gasteiger partial charge on any atom is 0.0372 e. The first-order valence-electron chi connectivity index (χ1n) is 6.10. The van der Waals surface area contributed by atoms with Crippen LogP contribution in [0.25, 0.3) is 0 Å². The van der Waals surface area contributed by atoms with Gasteiger partial charge in [-0.1, -0.05) is 19.4 Å². The Balaban J connectivity index is 2.70. The molecular weight excluding hydrogens is 196 g/mol. The van der Waals surface area contributed by atoms with Crippen LogP contribution in [0.3, 0.4) is 0 Å². The van der Waals surface area contributed by atoms with E-state index in [1.54, 1.807) is 0 Å². The largest absolute Gasteiger partial charge is 0.384 e. The van der Waals surface area contributed by atoms with Gasteiger partial charge in [0.15, 0.2) is 0 Å². The molecule has 2 heteroatoms. The minimum absolute atomic E-state index is 0.570. The van der Waals surface area contributed by atoms with Crippen LogP contribution in [0.5, 0.6) is 0 Å². The lowest BCUT2D eigenvalue weighted by Crippen LogP contribution is -2.22. The van der Waals surface area contributed by atoms with E-state index in [0.29, 0.717) is 5.92 Å². The van der Waals surface area contributed by atoms with Crippen molar-refractivity contribution < 1.29 is 0 Å². The van der Waals surface area contributed by atoms with Crippen LogP contribution in [-0.2, 0) is 0 Å². The fraction of sp³-hybridized carbons (Fsp3) is 0.571. The van der Waals surface area contributed by atoms with E-state index in [0.717, 1.165) is 19.5 Å². The summed E-state index contributed by atoms with van der Waals surface area (Å²) in [5, 5.41) is 3.50. The Morgan fingerprint density at radius 3 is 2.31 bits per heavy atom. The lowest BCUT2D eigenvalue weighted by molar-refractivity contribution is 0.548. The molecule has 0 amide bonds. The van der Waals surface area contributed by atoms with Gasteiger partial charge in [0.2, 0.25) is 0 Å². The molecule has 0 aliphatic carbocycles. The van der Waals surface area contributed by atoms with Crippen LogP contribution in [0.1, 0.15) is 30.0 Å². The zero-order valence-electron chi connectivity index (χ0n) is 10.9. The highest BCUT2D eigenvalue weighted by Gasteiger charge is 2.05. The van der Waals surface area contributed by atoms with Crippen molar-refractivity contribution in [3.8, 4) is 0 Å². The molecule has 1 unspecified atom stereocenters. The lowest BCUT2D eigenvalue weighted by atomic mass is 10.0. The van der Waals surface area contributed by atoms with Gasteiger partial charge < -0.3 is 11.1 Å². The number of hydrogen-bond acceptors (Lipinski definition) is 2. The minimum atomic E-state index is 0.570. The van der Waals surface area contributed by atoms with Crippen molar-refractivity contribution >= 4 is 5.69 Å². The molecule has 0 heterocycles. The topological polar surface area (TPSA) is 38.0 Å². The molecule has 0 spiro atoms. The zero-order chi connectivity index (χ0) is 12.1. The van der Waals surface area contributed by atoms with Gasteiger partial charge in [-0.05, 0) is 56.0 Å². The van der Waals surface area contributed by atoms with Crippen molar-refractivity contribution in [1.29, 1.82) is 0 Å². The third-order valence-electron chi connectivity index (χ3n) is 3.33. The van der Waals surface area contributed by atoms with Crippen molar-refractivity contribution in [3.63, 3.8) is 0 Å². The zero-order valence-corrected chi connectivity index (χ0v) is 10.9. The van der Waals surface area contributed by atoms with E-state index in [1.165, 1.54) is 22.4 Å². The van der Waals surface area contributed by atoms with Crippen molar-refractivity contribution in [2.75, 3.05) is 18.4 Å². The maximum atomic E-state index is 5.70. The Hall–Kier alpha value is -1.02. The maximum absolute atomic E-state index is 5.70. The quantitative estimate of drug-likeness (QED) is 0.800. The third-order valence-corrected chi connectivity index (χ3v) is 3.33. The number of hydrogen-bond donors (Lipinski definition) is 2. The van der Waals surface area contributed by atoms with Crippen LogP contribution in [0.2, 0.25) is 0 Å². The molecule has 1 aromatic carbocycles. The lowest BCUT2D eigenvalue weighted by Gasteiger charge is -2.17. The molecule has 1 rings (SSSR count). The molecule has 1 atom stereocenters. The first-order valence-corrected chi connectivity index (χ1v) is 6.10. The Kier molecular flexibility index (Phi) is 4.81. The molecule has 3 N–H and O–H groups in total. The average Bonchev–Trinajstić information content (AvgIpc) is 2.26. The summed E-state index contributed by atoms with van der Waals surface area (Å²) in [6.07, 6.45) is 1.13. The average molecular weight is 220 g/mol. The molecule has 0 bridgehead atoms. The first kappa shape index (κ1) is 13.0. The van der Waals surface area contributed by atoms with Gasteiger partial charge in [0.1, 0.15) is 0 Å². The molecule has 0 radical (unpaired) electrons. The predicted octanol–water partition coefficient (Wildman–Crippen LogP) is 3.01. The number of rotatable bonds is 5. The van der Waals surface area contributed by atoms with Gasteiger partial charge >= 0.3 is 0 Å². The molecule has 0 aliphatic heterocycles.